The number of methoxy groups -OCH3 is 1. The topological polar surface area (TPSA) is 85.2 Å². The third-order valence-electron chi connectivity index (χ3n) is 5.21. The molecule has 7 nitrogen and oxygen atoms in total. The lowest BCUT2D eigenvalue weighted by Crippen LogP contribution is -2.33. The fourth-order valence-corrected chi connectivity index (χ4v) is 3.57. The predicted molar refractivity (Wildman–Crippen MR) is 130 cm³/mol. The van der Waals surface area contributed by atoms with E-state index in [1.54, 1.807) is 19.2 Å². The number of fused-ring (bicyclic) bond motifs is 1. The molecule has 1 heterocycles. The second-order valence-corrected chi connectivity index (χ2v) is 7.89. The van der Waals surface area contributed by atoms with Gasteiger partial charge in [-0.15, -0.1) is 0 Å². The number of nitrogens with zero attached hydrogens (tertiary/aromatic N) is 2. The van der Waals surface area contributed by atoms with Gasteiger partial charge in [0.15, 0.2) is 0 Å². The summed E-state index contributed by atoms with van der Waals surface area (Å²) in [5.74, 6) is 0.974. The highest BCUT2D eigenvalue weighted by atomic mass is 35.5. The Kier molecular flexibility index (Phi) is 6.90. The van der Waals surface area contributed by atoms with Gasteiger partial charge in [-0.3, -0.25) is 9.36 Å². The van der Waals surface area contributed by atoms with Crippen molar-refractivity contribution in [3.05, 3.63) is 99.4 Å². The summed E-state index contributed by atoms with van der Waals surface area (Å²) in [4.78, 5) is 29.6. The van der Waals surface area contributed by atoms with Crippen molar-refractivity contribution in [3.63, 3.8) is 0 Å². The molecule has 0 aliphatic rings. The summed E-state index contributed by atoms with van der Waals surface area (Å²) >= 11 is 5.89. The van der Waals surface area contributed by atoms with Gasteiger partial charge in [-0.25, -0.2) is 4.79 Å². The van der Waals surface area contributed by atoms with Gasteiger partial charge in [-0.1, -0.05) is 48.0 Å². The molecular formula is C25H23ClN4O3. The van der Waals surface area contributed by atoms with Gasteiger partial charge in [0.1, 0.15) is 18.1 Å². The number of carbonyl (C=O) groups excluding carboxylic acids is 1. The van der Waals surface area contributed by atoms with Crippen molar-refractivity contribution in [1.29, 1.82) is 0 Å². The first kappa shape index (κ1) is 22.4. The normalized spacial score (nSPS) is 10.7. The van der Waals surface area contributed by atoms with E-state index in [2.05, 4.69) is 15.6 Å². The van der Waals surface area contributed by atoms with Crippen LogP contribution in [0.2, 0.25) is 5.02 Å². The minimum atomic E-state index is -0.493. The van der Waals surface area contributed by atoms with Crippen LogP contribution in [0.5, 0.6) is 5.75 Å². The van der Waals surface area contributed by atoms with E-state index in [4.69, 9.17) is 16.3 Å². The van der Waals surface area contributed by atoms with Crippen LogP contribution in [0.3, 0.4) is 0 Å². The fraction of sp³-hybridized carbons (Fsp3) is 0.160. The molecule has 0 atom stereocenters. The maximum atomic E-state index is 12.8. The lowest BCUT2D eigenvalue weighted by molar-refractivity contribution is -0.121. The summed E-state index contributed by atoms with van der Waals surface area (Å²) in [5, 5.41) is 7.47. The van der Waals surface area contributed by atoms with Gasteiger partial charge in [-0.2, -0.15) is 4.98 Å². The summed E-state index contributed by atoms with van der Waals surface area (Å²) in [6, 6.07) is 22.3. The highest BCUT2D eigenvalue weighted by molar-refractivity contribution is 6.30. The van der Waals surface area contributed by atoms with Crippen molar-refractivity contribution in [3.8, 4) is 5.75 Å². The number of ether oxygens (including phenoxy) is 1. The monoisotopic (exact) mass is 462 g/mol. The van der Waals surface area contributed by atoms with E-state index in [9.17, 15) is 9.59 Å². The van der Waals surface area contributed by atoms with Crippen LogP contribution >= 0.6 is 11.6 Å². The van der Waals surface area contributed by atoms with Gasteiger partial charge in [0.05, 0.1) is 12.6 Å². The van der Waals surface area contributed by atoms with Crippen molar-refractivity contribution in [1.82, 2.24) is 14.9 Å². The molecule has 0 fully saturated rings. The highest BCUT2D eigenvalue weighted by Gasteiger charge is 2.13. The molecule has 168 valence electrons. The number of benzene rings is 3. The number of anilines is 1. The number of para-hydroxylation sites is 1. The molecule has 2 N–H and O–H groups in total. The number of carbonyl (C=O) groups is 1. The first-order chi connectivity index (χ1) is 16.0. The molecule has 4 rings (SSSR count). The van der Waals surface area contributed by atoms with Crippen LogP contribution in [0.25, 0.3) is 10.9 Å². The zero-order chi connectivity index (χ0) is 23.2. The Hall–Kier alpha value is -3.84. The van der Waals surface area contributed by atoms with Crippen LogP contribution in [0, 0.1) is 0 Å². The Labute approximate surface area is 196 Å². The largest absolute Gasteiger partial charge is 0.497 e. The lowest BCUT2D eigenvalue weighted by atomic mass is 10.2. The molecule has 0 bridgehead atoms. The van der Waals surface area contributed by atoms with Crippen molar-refractivity contribution < 1.29 is 9.53 Å². The molecule has 0 spiro atoms. The number of hydrogen-bond acceptors (Lipinski definition) is 5. The fourth-order valence-electron chi connectivity index (χ4n) is 3.45. The summed E-state index contributed by atoms with van der Waals surface area (Å²) < 4.78 is 6.56. The van der Waals surface area contributed by atoms with Crippen molar-refractivity contribution >= 4 is 34.2 Å². The minimum Gasteiger partial charge on any atom is -0.497 e. The summed E-state index contributed by atoms with van der Waals surface area (Å²) in [6.45, 7) is 0.711. The molecule has 1 aromatic heterocycles. The van der Waals surface area contributed by atoms with E-state index >= 15 is 0 Å². The average Bonchev–Trinajstić information content (AvgIpc) is 2.84. The molecule has 1 amide bonds. The molecular weight excluding hydrogens is 440 g/mol. The molecule has 3 aromatic carbocycles. The van der Waals surface area contributed by atoms with E-state index in [1.165, 1.54) is 4.57 Å². The second kappa shape index (κ2) is 10.2. The van der Waals surface area contributed by atoms with Gasteiger partial charge in [0.2, 0.25) is 5.91 Å². The highest BCUT2D eigenvalue weighted by Crippen LogP contribution is 2.20. The van der Waals surface area contributed by atoms with Crippen molar-refractivity contribution in [2.75, 3.05) is 12.4 Å². The van der Waals surface area contributed by atoms with Gasteiger partial charge < -0.3 is 15.4 Å². The third-order valence-corrected chi connectivity index (χ3v) is 5.46. The SMILES string of the molecule is COc1ccc(CNc2nc(=O)n(CC(=O)NCc3ccc(Cl)cc3)c3ccccc23)cc1. The molecule has 0 unspecified atom stereocenters. The molecule has 0 aliphatic carbocycles. The van der Waals surface area contributed by atoms with Gasteiger partial charge in [0, 0.05) is 23.5 Å². The van der Waals surface area contributed by atoms with E-state index < -0.39 is 5.69 Å². The van der Waals surface area contributed by atoms with Crippen LogP contribution in [-0.4, -0.2) is 22.6 Å². The number of nitrogens with one attached hydrogen (secondary N) is 2. The number of hydrogen-bond donors (Lipinski definition) is 2. The van der Waals surface area contributed by atoms with Crippen LogP contribution in [0.15, 0.2) is 77.6 Å². The minimum absolute atomic E-state index is 0.126. The summed E-state index contributed by atoms with van der Waals surface area (Å²) in [6.07, 6.45) is 0. The van der Waals surface area contributed by atoms with Gasteiger partial charge in [0.25, 0.3) is 0 Å². The Balaban J connectivity index is 1.50. The molecule has 33 heavy (non-hydrogen) atoms. The van der Waals surface area contributed by atoms with Crippen molar-refractivity contribution in [2.45, 2.75) is 19.6 Å². The number of amides is 1. The predicted octanol–water partition coefficient (Wildman–Crippen LogP) is 3.99. The Morgan fingerprint density at radius 2 is 1.64 bits per heavy atom. The number of rotatable bonds is 8. The quantitative estimate of drug-likeness (QED) is 0.413. The molecule has 0 saturated carbocycles. The maximum absolute atomic E-state index is 12.8. The second-order valence-electron chi connectivity index (χ2n) is 7.45. The first-order valence-electron chi connectivity index (χ1n) is 10.4. The Morgan fingerprint density at radius 3 is 2.36 bits per heavy atom. The molecule has 4 aromatic rings. The number of aromatic nitrogens is 2. The third kappa shape index (κ3) is 5.51. The number of halogens is 1. The summed E-state index contributed by atoms with van der Waals surface area (Å²) in [7, 11) is 1.62. The standard InChI is InChI=1S/C25H23ClN4O3/c1-33-20-12-8-18(9-13-20)15-28-24-21-4-2-3-5-22(21)30(25(32)29-24)16-23(31)27-14-17-6-10-19(26)11-7-17/h2-13H,14-16H2,1H3,(H,27,31)(H,28,29,32). The first-order valence-corrected chi connectivity index (χ1v) is 10.8. The zero-order valence-electron chi connectivity index (χ0n) is 18.0. The van der Waals surface area contributed by atoms with E-state index in [0.29, 0.717) is 29.4 Å². The van der Waals surface area contributed by atoms with Crippen LogP contribution < -0.4 is 21.1 Å². The van der Waals surface area contributed by atoms with E-state index in [0.717, 1.165) is 22.3 Å². The zero-order valence-corrected chi connectivity index (χ0v) is 18.8. The lowest BCUT2D eigenvalue weighted by Gasteiger charge is -2.14. The van der Waals surface area contributed by atoms with Gasteiger partial charge >= 0.3 is 5.69 Å². The van der Waals surface area contributed by atoms with Crippen molar-refractivity contribution in [2.24, 2.45) is 0 Å². The molecule has 0 radical (unpaired) electrons. The molecule has 0 aliphatic heterocycles. The van der Waals surface area contributed by atoms with Crippen LogP contribution in [-0.2, 0) is 24.4 Å². The van der Waals surface area contributed by atoms with E-state index in [-0.39, 0.29) is 12.5 Å². The maximum Gasteiger partial charge on any atom is 0.350 e. The smallest absolute Gasteiger partial charge is 0.350 e. The summed E-state index contributed by atoms with van der Waals surface area (Å²) in [5.41, 5.74) is 2.08. The Bertz CT molecular complexity index is 1320. The van der Waals surface area contributed by atoms with Crippen LogP contribution in [0.1, 0.15) is 11.1 Å². The van der Waals surface area contributed by atoms with E-state index in [1.807, 2.05) is 60.7 Å². The van der Waals surface area contributed by atoms with Crippen LogP contribution in [0.4, 0.5) is 5.82 Å². The Morgan fingerprint density at radius 1 is 0.970 bits per heavy atom. The average molecular weight is 463 g/mol. The molecule has 0 saturated heterocycles. The van der Waals surface area contributed by atoms with Gasteiger partial charge in [-0.05, 0) is 47.5 Å². The molecule has 8 heteroatoms.